The molecule has 0 bridgehead atoms. The van der Waals surface area contributed by atoms with E-state index in [0.717, 1.165) is 24.9 Å². The molecular weight excluding hydrogens is 360 g/mol. The summed E-state index contributed by atoms with van der Waals surface area (Å²) >= 11 is 0. The Labute approximate surface area is 177 Å². The van der Waals surface area contributed by atoms with Gasteiger partial charge in [0, 0.05) is 32.0 Å². The van der Waals surface area contributed by atoms with Gasteiger partial charge < -0.3 is 10.2 Å². The summed E-state index contributed by atoms with van der Waals surface area (Å²) in [6.45, 7) is 12.3. The van der Waals surface area contributed by atoms with E-state index in [0.29, 0.717) is 25.3 Å². The Hall–Kier alpha value is -1.84. The standard InChI is InChI=1S/C25H40N2O2/c1-6-8-9-19(7-2)17-26-23(28)16-22-14-15-24(29)27(22)18-20-10-12-21(13-11-20)25(3,4)5/h10-13,19,22H,6-9,14-18H2,1-5H3,(H,26,28). The predicted molar refractivity (Wildman–Crippen MR) is 120 cm³/mol. The van der Waals surface area contributed by atoms with Crippen LogP contribution in [0.4, 0.5) is 0 Å². The number of nitrogens with one attached hydrogen (secondary N) is 1. The largest absolute Gasteiger partial charge is 0.356 e. The van der Waals surface area contributed by atoms with E-state index in [1.165, 1.54) is 24.8 Å². The monoisotopic (exact) mass is 400 g/mol. The topological polar surface area (TPSA) is 49.4 Å². The number of likely N-dealkylation sites (tertiary alicyclic amines) is 1. The zero-order chi connectivity index (χ0) is 21.4. The van der Waals surface area contributed by atoms with Gasteiger partial charge in [-0.1, -0.05) is 78.1 Å². The molecule has 1 aliphatic rings. The van der Waals surface area contributed by atoms with Crippen molar-refractivity contribution in [2.24, 2.45) is 5.92 Å². The van der Waals surface area contributed by atoms with Gasteiger partial charge in [-0.2, -0.15) is 0 Å². The van der Waals surface area contributed by atoms with E-state index in [4.69, 9.17) is 0 Å². The van der Waals surface area contributed by atoms with Crippen molar-refractivity contribution < 1.29 is 9.59 Å². The summed E-state index contributed by atoms with van der Waals surface area (Å²) in [5, 5.41) is 3.12. The van der Waals surface area contributed by atoms with Crippen LogP contribution in [-0.4, -0.2) is 29.3 Å². The molecule has 1 fully saturated rings. The number of carbonyl (C=O) groups is 2. The van der Waals surface area contributed by atoms with Crippen molar-refractivity contribution in [1.29, 1.82) is 0 Å². The maximum atomic E-state index is 12.5. The normalized spacial score (nSPS) is 18.2. The van der Waals surface area contributed by atoms with Crippen molar-refractivity contribution in [3.63, 3.8) is 0 Å². The maximum Gasteiger partial charge on any atom is 0.223 e. The summed E-state index contributed by atoms with van der Waals surface area (Å²) in [5.41, 5.74) is 2.54. The van der Waals surface area contributed by atoms with Crippen molar-refractivity contribution in [1.82, 2.24) is 10.2 Å². The minimum atomic E-state index is 0.0144. The van der Waals surface area contributed by atoms with Gasteiger partial charge in [-0.25, -0.2) is 0 Å². The Morgan fingerprint density at radius 3 is 2.48 bits per heavy atom. The number of hydrogen-bond donors (Lipinski definition) is 1. The summed E-state index contributed by atoms with van der Waals surface area (Å²) in [6, 6.07) is 8.55. The minimum Gasteiger partial charge on any atom is -0.356 e. The molecule has 0 aliphatic carbocycles. The van der Waals surface area contributed by atoms with Crippen LogP contribution < -0.4 is 5.32 Å². The van der Waals surface area contributed by atoms with E-state index >= 15 is 0 Å². The van der Waals surface area contributed by atoms with Gasteiger partial charge in [-0.3, -0.25) is 9.59 Å². The summed E-state index contributed by atoms with van der Waals surface area (Å²) in [7, 11) is 0. The fourth-order valence-corrected chi connectivity index (χ4v) is 4.02. The van der Waals surface area contributed by atoms with Crippen molar-refractivity contribution in [3.05, 3.63) is 35.4 Å². The molecule has 2 rings (SSSR count). The average molecular weight is 401 g/mol. The number of amides is 2. The molecule has 1 heterocycles. The van der Waals surface area contributed by atoms with Crippen LogP contribution in [0, 0.1) is 5.92 Å². The second-order valence-corrected chi connectivity index (χ2v) is 9.59. The summed E-state index contributed by atoms with van der Waals surface area (Å²) < 4.78 is 0. The van der Waals surface area contributed by atoms with Crippen LogP contribution in [0.5, 0.6) is 0 Å². The second-order valence-electron chi connectivity index (χ2n) is 9.59. The van der Waals surface area contributed by atoms with Gasteiger partial charge in [0.1, 0.15) is 0 Å². The predicted octanol–water partition coefficient (Wildman–Crippen LogP) is 5.20. The molecule has 162 valence electrons. The van der Waals surface area contributed by atoms with Gasteiger partial charge in [0.2, 0.25) is 11.8 Å². The van der Waals surface area contributed by atoms with E-state index in [9.17, 15) is 9.59 Å². The molecule has 0 aromatic heterocycles. The molecule has 4 nitrogen and oxygen atoms in total. The van der Waals surface area contributed by atoms with Gasteiger partial charge in [-0.15, -0.1) is 0 Å². The highest BCUT2D eigenvalue weighted by atomic mass is 16.2. The third-order valence-electron chi connectivity index (χ3n) is 6.18. The Morgan fingerprint density at radius 1 is 1.21 bits per heavy atom. The number of unbranched alkanes of at least 4 members (excludes halogenated alkanes) is 1. The highest BCUT2D eigenvalue weighted by molar-refractivity contribution is 5.82. The zero-order valence-electron chi connectivity index (χ0n) is 19.1. The Balaban J connectivity index is 1.90. The Bertz CT molecular complexity index is 660. The molecule has 2 amide bonds. The van der Waals surface area contributed by atoms with Gasteiger partial charge in [-0.05, 0) is 35.3 Å². The average Bonchev–Trinajstić information content (AvgIpc) is 3.01. The molecule has 2 atom stereocenters. The third-order valence-corrected chi connectivity index (χ3v) is 6.18. The number of hydrogen-bond acceptors (Lipinski definition) is 2. The first-order valence-electron chi connectivity index (χ1n) is 11.4. The zero-order valence-corrected chi connectivity index (χ0v) is 19.1. The van der Waals surface area contributed by atoms with Crippen molar-refractivity contribution >= 4 is 11.8 Å². The SMILES string of the molecule is CCCCC(CC)CNC(=O)CC1CCC(=O)N1Cc1ccc(C(C)(C)C)cc1. The first-order valence-corrected chi connectivity index (χ1v) is 11.4. The maximum absolute atomic E-state index is 12.5. The summed E-state index contributed by atoms with van der Waals surface area (Å²) in [4.78, 5) is 26.8. The number of carbonyl (C=O) groups excluding carboxylic acids is 2. The first-order chi connectivity index (χ1) is 13.7. The third kappa shape index (κ3) is 7.17. The minimum absolute atomic E-state index is 0.0144. The number of benzene rings is 1. The lowest BCUT2D eigenvalue weighted by Crippen LogP contribution is -2.38. The number of rotatable bonds is 10. The highest BCUT2D eigenvalue weighted by Crippen LogP contribution is 2.26. The van der Waals surface area contributed by atoms with E-state index in [2.05, 4.69) is 64.2 Å². The fourth-order valence-electron chi connectivity index (χ4n) is 4.02. The first kappa shape index (κ1) is 23.4. The molecule has 1 saturated heterocycles. The van der Waals surface area contributed by atoms with Crippen LogP contribution in [0.1, 0.15) is 90.7 Å². The molecular formula is C25H40N2O2. The quantitative estimate of drug-likeness (QED) is 0.587. The van der Waals surface area contributed by atoms with Gasteiger partial charge in [0.05, 0.1) is 0 Å². The fraction of sp³-hybridized carbons (Fsp3) is 0.680. The van der Waals surface area contributed by atoms with Crippen LogP contribution in [0.2, 0.25) is 0 Å². The van der Waals surface area contributed by atoms with Crippen LogP contribution in [-0.2, 0) is 21.5 Å². The van der Waals surface area contributed by atoms with Gasteiger partial charge in [0.25, 0.3) is 0 Å². The van der Waals surface area contributed by atoms with Crippen LogP contribution in [0.25, 0.3) is 0 Å². The molecule has 4 heteroatoms. The number of nitrogens with zero attached hydrogens (tertiary/aromatic N) is 1. The second kappa shape index (κ2) is 10.8. The van der Waals surface area contributed by atoms with Crippen LogP contribution in [0.15, 0.2) is 24.3 Å². The summed E-state index contributed by atoms with van der Waals surface area (Å²) in [5.74, 6) is 0.798. The van der Waals surface area contributed by atoms with E-state index in [1.54, 1.807) is 0 Å². The lowest BCUT2D eigenvalue weighted by Gasteiger charge is -2.26. The molecule has 1 aromatic rings. The van der Waals surface area contributed by atoms with Crippen LogP contribution >= 0.6 is 0 Å². The molecule has 1 N–H and O–H groups in total. The summed E-state index contributed by atoms with van der Waals surface area (Å²) in [6.07, 6.45) is 6.42. The van der Waals surface area contributed by atoms with E-state index < -0.39 is 0 Å². The highest BCUT2D eigenvalue weighted by Gasteiger charge is 2.32. The molecule has 0 radical (unpaired) electrons. The Kier molecular flexibility index (Phi) is 8.73. The molecule has 1 aliphatic heterocycles. The molecule has 1 aromatic carbocycles. The van der Waals surface area contributed by atoms with Gasteiger partial charge in [0.15, 0.2) is 0 Å². The molecule has 29 heavy (non-hydrogen) atoms. The van der Waals surface area contributed by atoms with Crippen molar-refractivity contribution in [2.45, 2.75) is 97.6 Å². The lowest BCUT2D eigenvalue weighted by molar-refractivity contribution is -0.130. The van der Waals surface area contributed by atoms with Crippen molar-refractivity contribution in [2.75, 3.05) is 6.54 Å². The van der Waals surface area contributed by atoms with E-state index in [-0.39, 0.29) is 23.3 Å². The van der Waals surface area contributed by atoms with Gasteiger partial charge >= 0.3 is 0 Å². The van der Waals surface area contributed by atoms with Crippen molar-refractivity contribution in [3.8, 4) is 0 Å². The molecule has 0 saturated carbocycles. The van der Waals surface area contributed by atoms with E-state index in [1.807, 2.05) is 4.90 Å². The van der Waals surface area contributed by atoms with Crippen LogP contribution in [0.3, 0.4) is 0 Å². The molecule has 2 unspecified atom stereocenters. The molecule has 0 spiro atoms. The Morgan fingerprint density at radius 2 is 1.90 bits per heavy atom. The smallest absolute Gasteiger partial charge is 0.223 e. The lowest BCUT2D eigenvalue weighted by atomic mass is 9.87.